The first kappa shape index (κ1) is 11.1. The van der Waals surface area contributed by atoms with Gasteiger partial charge in [-0.2, -0.15) is 0 Å². The average molecular weight is 177 g/mol. The van der Waals surface area contributed by atoms with Crippen LogP contribution in [0.4, 0.5) is 0 Å². The first-order valence-corrected chi connectivity index (χ1v) is 5.25. The summed E-state index contributed by atoms with van der Waals surface area (Å²) in [6, 6.07) is 0. The van der Waals surface area contributed by atoms with Crippen LogP contribution in [-0.2, 0) is 10.8 Å². The molecule has 0 aromatic heterocycles. The molecule has 0 aromatic carbocycles. The minimum Gasteiger partial charge on any atom is -0.329 e. The Morgan fingerprint density at radius 3 is 2.00 bits per heavy atom. The molecule has 0 heterocycles. The van der Waals surface area contributed by atoms with Crippen molar-refractivity contribution in [2.45, 2.75) is 44.1 Å². The molecule has 0 spiro atoms. The van der Waals surface area contributed by atoms with Gasteiger partial charge in [-0.15, -0.1) is 0 Å². The zero-order valence-electron chi connectivity index (χ0n) is 7.89. The van der Waals surface area contributed by atoms with Gasteiger partial charge in [-0.3, -0.25) is 4.21 Å². The van der Waals surface area contributed by atoms with Crippen LogP contribution < -0.4 is 5.73 Å². The standard InChI is InChI=1S/C8H19NOS/c1-5-7(6-9)11(10)8(2,3)4/h7H,5-6,9H2,1-4H3. The normalized spacial score (nSPS) is 17.9. The van der Waals surface area contributed by atoms with Crippen molar-refractivity contribution in [1.82, 2.24) is 0 Å². The molecule has 0 saturated carbocycles. The summed E-state index contributed by atoms with van der Waals surface area (Å²) in [5.41, 5.74) is 5.49. The van der Waals surface area contributed by atoms with E-state index < -0.39 is 10.8 Å². The molecule has 2 N–H and O–H groups in total. The van der Waals surface area contributed by atoms with Crippen LogP contribution in [0, 0.1) is 0 Å². The third-order valence-corrected chi connectivity index (χ3v) is 3.96. The van der Waals surface area contributed by atoms with E-state index in [1.165, 1.54) is 0 Å². The van der Waals surface area contributed by atoms with Gasteiger partial charge >= 0.3 is 0 Å². The van der Waals surface area contributed by atoms with E-state index in [4.69, 9.17) is 5.73 Å². The second-order valence-electron chi connectivity index (χ2n) is 3.68. The largest absolute Gasteiger partial charge is 0.329 e. The van der Waals surface area contributed by atoms with Gasteiger partial charge in [0.05, 0.1) is 0 Å². The van der Waals surface area contributed by atoms with Gasteiger partial charge in [-0.05, 0) is 27.2 Å². The maximum absolute atomic E-state index is 11.7. The monoisotopic (exact) mass is 177 g/mol. The fourth-order valence-electron chi connectivity index (χ4n) is 0.905. The summed E-state index contributed by atoms with van der Waals surface area (Å²) in [5.74, 6) is 0. The Balaban J connectivity index is 4.22. The molecule has 2 atom stereocenters. The van der Waals surface area contributed by atoms with Gasteiger partial charge in [0.25, 0.3) is 0 Å². The predicted octanol–water partition coefficient (Wildman–Crippen LogP) is 1.27. The highest BCUT2D eigenvalue weighted by molar-refractivity contribution is 7.87. The van der Waals surface area contributed by atoms with Crippen LogP contribution in [0.2, 0.25) is 0 Å². The molecular weight excluding hydrogens is 158 g/mol. The molecule has 0 rings (SSSR count). The van der Waals surface area contributed by atoms with E-state index in [1.807, 2.05) is 27.7 Å². The van der Waals surface area contributed by atoms with Gasteiger partial charge in [-0.25, -0.2) is 0 Å². The number of hydrogen-bond donors (Lipinski definition) is 1. The smallest absolute Gasteiger partial charge is 0.0473 e. The summed E-state index contributed by atoms with van der Waals surface area (Å²) in [4.78, 5) is 0. The van der Waals surface area contributed by atoms with Gasteiger partial charge in [0, 0.05) is 27.3 Å². The lowest BCUT2D eigenvalue weighted by molar-refractivity contribution is 0.627. The average Bonchev–Trinajstić information content (AvgIpc) is 1.88. The molecule has 68 valence electrons. The van der Waals surface area contributed by atoms with Gasteiger partial charge in [0.15, 0.2) is 0 Å². The number of rotatable bonds is 3. The summed E-state index contributed by atoms with van der Waals surface area (Å²) in [5, 5.41) is 0.162. The molecule has 11 heavy (non-hydrogen) atoms. The van der Waals surface area contributed by atoms with E-state index in [9.17, 15) is 4.21 Å². The van der Waals surface area contributed by atoms with Crippen LogP contribution in [0.5, 0.6) is 0 Å². The van der Waals surface area contributed by atoms with Crippen LogP contribution in [0.25, 0.3) is 0 Å². The highest BCUT2D eigenvalue weighted by Gasteiger charge is 2.25. The molecule has 0 saturated heterocycles. The van der Waals surface area contributed by atoms with Crippen molar-refractivity contribution in [2.75, 3.05) is 6.54 Å². The first-order valence-electron chi connectivity index (χ1n) is 4.04. The van der Waals surface area contributed by atoms with Gasteiger partial charge < -0.3 is 5.73 Å². The van der Waals surface area contributed by atoms with E-state index in [1.54, 1.807) is 0 Å². The first-order chi connectivity index (χ1) is 4.93. The van der Waals surface area contributed by atoms with E-state index in [0.29, 0.717) is 6.54 Å². The SMILES string of the molecule is CCC(CN)S(=O)C(C)(C)C. The van der Waals surface area contributed by atoms with Gasteiger partial charge in [-0.1, -0.05) is 6.92 Å². The fraction of sp³-hybridized carbons (Fsp3) is 1.00. The lowest BCUT2D eigenvalue weighted by Crippen LogP contribution is -2.35. The van der Waals surface area contributed by atoms with Crippen molar-refractivity contribution in [2.24, 2.45) is 5.73 Å². The van der Waals surface area contributed by atoms with Gasteiger partial charge in [0.2, 0.25) is 0 Å². The maximum Gasteiger partial charge on any atom is 0.0473 e. The second kappa shape index (κ2) is 4.21. The van der Waals surface area contributed by atoms with Crippen molar-refractivity contribution >= 4 is 10.8 Å². The highest BCUT2D eigenvalue weighted by Crippen LogP contribution is 2.17. The van der Waals surface area contributed by atoms with Crippen LogP contribution >= 0.6 is 0 Å². The molecule has 2 unspecified atom stereocenters. The molecule has 0 aromatic rings. The van der Waals surface area contributed by atoms with E-state index in [2.05, 4.69) is 0 Å². The van der Waals surface area contributed by atoms with Crippen molar-refractivity contribution in [1.29, 1.82) is 0 Å². The lowest BCUT2D eigenvalue weighted by Gasteiger charge is -2.23. The van der Waals surface area contributed by atoms with Crippen molar-refractivity contribution in [3.8, 4) is 0 Å². The third kappa shape index (κ3) is 3.34. The molecule has 0 bridgehead atoms. The fourth-order valence-corrected chi connectivity index (χ4v) is 2.38. The Morgan fingerprint density at radius 2 is 1.91 bits per heavy atom. The Morgan fingerprint density at radius 1 is 1.45 bits per heavy atom. The number of hydrogen-bond acceptors (Lipinski definition) is 2. The Bertz CT molecular complexity index is 136. The van der Waals surface area contributed by atoms with Crippen molar-refractivity contribution in [3.63, 3.8) is 0 Å². The molecular formula is C8H19NOS. The van der Waals surface area contributed by atoms with Crippen LogP contribution in [0.1, 0.15) is 34.1 Å². The topological polar surface area (TPSA) is 43.1 Å². The quantitative estimate of drug-likeness (QED) is 0.705. The zero-order valence-corrected chi connectivity index (χ0v) is 8.70. The molecule has 3 heteroatoms. The predicted molar refractivity (Wildman–Crippen MR) is 51.0 cm³/mol. The van der Waals surface area contributed by atoms with Crippen LogP contribution in [-0.4, -0.2) is 20.8 Å². The summed E-state index contributed by atoms with van der Waals surface area (Å²) in [7, 11) is -0.800. The highest BCUT2D eigenvalue weighted by atomic mass is 32.2. The molecule has 0 aliphatic heterocycles. The van der Waals surface area contributed by atoms with E-state index in [-0.39, 0.29) is 10.00 Å². The Hall–Kier alpha value is 0.110. The molecule has 0 aliphatic carbocycles. The molecule has 2 nitrogen and oxygen atoms in total. The Kier molecular flexibility index (Phi) is 4.26. The summed E-state index contributed by atoms with van der Waals surface area (Å²) < 4.78 is 11.5. The molecule has 0 aliphatic rings. The van der Waals surface area contributed by atoms with Crippen molar-refractivity contribution < 1.29 is 4.21 Å². The third-order valence-electron chi connectivity index (χ3n) is 1.62. The van der Waals surface area contributed by atoms with Crippen molar-refractivity contribution in [3.05, 3.63) is 0 Å². The zero-order chi connectivity index (χ0) is 9.07. The van der Waals surface area contributed by atoms with Crippen LogP contribution in [0.3, 0.4) is 0 Å². The van der Waals surface area contributed by atoms with E-state index >= 15 is 0 Å². The van der Waals surface area contributed by atoms with Gasteiger partial charge in [0.1, 0.15) is 0 Å². The minimum absolute atomic E-state index is 0.125. The molecule has 0 radical (unpaired) electrons. The maximum atomic E-state index is 11.7. The minimum atomic E-state index is -0.800. The number of nitrogens with two attached hydrogens (primary N) is 1. The Labute approximate surface area is 72.0 Å². The van der Waals surface area contributed by atoms with Crippen LogP contribution in [0.15, 0.2) is 0 Å². The summed E-state index contributed by atoms with van der Waals surface area (Å²) in [6.07, 6.45) is 0.903. The second-order valence-corrected chi connectivity index (χ2v) is 6.16. The summed E-state index contributed by atoms with van der Waals surface area (Å²) in [6.45, 7) is 8.52. The van der Waals surface area contributed by atoms with E-state index in [0.717, 1.165) is 6.42 Å². The molecule has 0 fully saturated rings. The molecule has 0 amide bonds. The lowest BCUT2D eigenvalue weighted by atomic mass is 10.3. The summed E-state index contributed by atoms with van der Waals surface area (Å²) >= 11 is 0.